The molecule has 3 heteroatoms. The monoisotopic (exact) mass is 188 g/mol. The zero-order chi connectivity index (χ0) is 9.40. The van der Waals surface area contributed by atoms with Crippen molar-refractivity contribution in [3.63, 3.8) is 0 Å². The summed E-state index contributed by atoms with van der Waals surface area (Å²) in [6.07, 6.45) is 5.42. The van der Waals surface area contributed by atoms with Gasteiger partial charge in [0.15, 0.2) is 0 Å². The van der Waals surface area contributed by atoms with E-state index in [4.69, 9.17) is 11.6 Å². The van der Waals surface area contributed by atoms with Gasteiger partial charge < -0.3 is 4.74 Å². The highest BCUT2D eigenvalue weighted by Crippen LogP contribution is 2.06. The molecule has 0 heterocycles. The SMILES string of the molecule is C=C/C=C(\CCC)COC(=O)Cl. The maximum Gasteiger partial charge on any atom is 0.404 e. The summed E-state index contributed by atoms with van der Waals surface area (Å²) in [4.78, 5) is 10.2. The number of halogens is 1. The van der Waals surface area contributed by atoms with Gasteiger partial charge in [-0.2, -0.15) is 0 Å². The molecular formula is C9H13ClO2. The van der Waals surface area contributed by atoms with E-state index < -0.39 is 5.43 Å². The zero-order valence-corrected chi connectivity index (χ0v) is 7.93. The number of carbonyl (C=O) groups is 1. The summed E-state index contributed by atoms with van der Waals surface area (Å²) in [6, 6.07) is 0. The van der Waals surface area contributed by atoms with Crippen molar-refractivity contribution in [1.82, 2.24) is 0 Å². The number of rotatable bonds is 5. The maximum atomic E-state index is 10.2. The van der Waals surface area contributed by atoms with Gasteiger partial charge in [-0.15, -0.1) is 0 Å². The van der Waals surface area contributed by atoms with E-state index in [1.807, 2.05) is 6.08 Å². The van der Waals surface area contributed by atoms with Crippen molar-refractivity contribution in [3.05, 3.63) is 24.3 Å². The summed E-state index contributed by atoms with van der Waals surface area (Å²) in [5.41, 5.74) is 0.266. The largest absolute Gasteiger partial charge is 0.449 e. The second-order valence-electron chi connectivity index (χ2n) is 2.34. The first-order valence-electron chi connectivity index (χ1n) is 3.83. The average Bonchev–Trinajstić information content (AvgIpc) is 2.01. The first-order chi connectivity index (χ1) is 5.70. The molecule has 0 amide bonds. The molecule has 0 bridgehead atoms. The van der Waals surface area contributed by atoms with Crippen molar-refractivity contribution in [2.75, 3.05) is 6.61 Å². The number of ether oxygens (including phenoxy) is 1. The molecule has 0 rings (SSSR count). The van der Waals surface area contributed by atoms with Crippen LogP contribution in [0, 0.1) is 0 Å². The first-order valence-corrected chi connectivity index (χ1v) is 4.21. The normalized spacial score (nSPS) is 11.0. The third-order valence-corrected chi connectivity index (χ3v) is 1.40. The molecule has 0 aromatic carbocycles. The van der Waals surface area contributed by atoms with Crippen LogP contribution in [0.25, 0.3) is 0 Å². The smallest absolute Gasteiger partial charge is 0.404 e. The summed E-state index contributed by atoms with van der Waals surface area (Å²) in [6.45, 7) is 5.88. The van der Waals surface area contributed by atoms with Crippen LogP contribution in [0.15, 0.2) is 24.3 Å². The quantitative estimate of drug-likeness (QED) is 0.489. The molecule has 0 aliphatic heterocycles. The Morgan fingerprint density at radius 3 is 2.75 bits per heavy atom. The lowest BCUT2D eigenvalue weighted by Crippen LogP contribution is -1.99. The molecule has 12 heavy (non-hydrogen) atoms. The lowest BCUT2D eigenvalue weighted by atomic mass is 10.1. The molecule has 68 valence electrons. The van der Waals surface area contributed by atoms with E-state index in [0.29, 0.717) is 0 Å². The Kier molecular flexibility index (Phi) is 6.48. The van der Waals surface area contributed by atoms with Crippen molar-refractivity contribution in [1.29, 1.82) is 0 Å². The predicted molar refractivity (Wildman–Crippen MR) is 50.4 cm³/mol. The molecule has 0 atom stereocenters. The summed E-state index contributed by atoms with van der Waals surface area (Å²) >= 11 is 5.01. The predicted octanol–water partition coefficient (Wildman–Crippen LogP) is 3.27. The van der Waals surface area contributed by atoms with Crippen LogP contribution in [0.4, 0.5) is 4.79 Å². The topological polar surface area (TPSA) is 26.3 Å². The minimum Gasteiger partial charge on any atom is -0.449 e. The molecule has 0 unspecified atom stereocenters. The average molecular weight is 189 g/mol. The van der Waals surface area contributed by atoms with Crippen LogP contribution < -0.4 is 0 Å². The van der Waals surface area contributed by atoms with Gasteiger partial charge in [-0.3, -0.25) is 0 Å². The first kappa shape index (κ1) is 11.2. The maximum absolute atomic E-state index is 10.2. The number of carbonyl (C=O) groups excluding carboxylic acids is 1. The fraction of sp³-hybridized carbons (Fsp3) is 0.444. The third kappa shape index (κ3) is 5.98. The van der Waals surface area contributed by atoms with Crippen LogP contribution in [0.3, 0.4) is 0 Å². The van der Waals surface area contributed by atoms with Crippen LogP contribution in [-0.2, 0) is 4.74 Å². The van der Waals surface area contributed by atoms with E-state index in [1.165, 1.54) is 0 Å². The number of hydrogen-bond donors (Lipinski definition) is 0. The van der Waals surface area contributed by atoms with Crippen LogP contribution in [0.5, 0.6) is 0 Å². The molecule has 0 saturated heterocycles. The molecule has 0 N–H and O–H groups in total. The highest BCUT2D eigenvalue weighted by atomic mass is 35.5. The minimum atomic E-state index is -0.763. The lowest BCUT2D eigenvalue weighted by Gasteiger charge is -2.03. The molecule has 0 aromatic rings. The van der Waals surface area contributed by atoms with Crippen molar-refractivity contribution in [2.24, 2.45) is 0 Å². The van der Waals surface area contributed by atoms with Gasteiger partial charge in [-0.25, -0.2) is 4.79 Å². The van der Waals surface area contributed by atoms with E-state index in [-0.39, 0.29) is 6.61 Å². The fourth-order valence-electron chi connectivity index (χ4n) is 0.841. The van der Waals surface area contributed by atoms with Gasteiger partial charge in [0.1, 0.15) is 6.61 Å². The Labute approximate surface area is 77.9 Å². The third-order valence-electron chi connectivity index (χ3n) is 1.30. The number of hydrogen-bond acceptors (Lipinski definition) is 2. The van der Waals surface area contributed by atoms with Gasteiger partial charge in [0.2, 0.25) is 0 Å². The van der Waals surface area contributed by atoms with Crippen LogP contribution in [0.1, 0.15) is 19.8 Å². The molecule has 0 aliphatic rings. The van der Waals surface area contributed by atoms with Gasteiger partial charge in [0, 0.05) is 11.6 Å². The Balaban J connectivity index is 3.87. The van der Waals surface area contributed by atoms with Crippen molar-refractivity contribution < 1.29 is 9.53 Å². The second kappa shape index (κ2) is 6.92. The van der Waals surface area contributed by atoms with Gasteiger partial charge in [-0.05, 0) is 12.0 Å². The van der Waals surface area contributed by atoms with Crippen molar-refractivity contribution in [3.8, 4) is 0 Å². The van der Waals surface area contributed by atoms with Gasteiger partial charge in [-0.1, -0.05) is 32.1 Å². The van der Waals surface area contributed by atoms with E-state index in [0.717, 1.165) is 18.4 Å². The molecule has 0 aliphatic carbocycles. The van der Waals surface area contributed by atoms with Crippen LogP contribution in [0.2, 0.25) is 0 Å². The van der Waals surface area contributed by atoms with E-state index in [2.05, 4.69) is 18.2 Å². The Morgan fingerprint density at radius 1 is 1.67 bits per heavy atom. The lowest BCUT2D eigenvalue weighted by molar-refractivity contribution is 0.182. The molecule has 2 nitrogen and oxygen atoms in total. The summed E-state index contributed by atoms with van der Waals surface area (Å²) in [5.74, 6) is 0. The van der Waals surface area contributed by atoms with E-state index in [9.17, 15) is 4.79 Å². The number of allylic oxidation sites excluding steroid dienone is 2. The minimum absolute atomic E-state index is 0.266. The Bertz CT molecular complexity index is 185. The van der Waals surface area contributed by atoms with Crippen molar-refractivity contribution in [2.45, 2.75) is 19.8 Å². The highest BCUT2D eigenvalue weighted by molar-refractivity contribution is 6.61. The summed E-state index contributed by atoms with van der Waals surface area (Å²) < 4.78 is 4.62. The molecule has 0 spiro atoms. The van der Waals surface area contributed by atoms with E-state index >= 15 is 0 Å². The second-order valence-corrected chi connectivity index (χ2v) is 2.65. The molecule has 0 radical (unpaired) electrons. The highest BCUT2D eigenvalue weighted by Gasteiger charge is 1.99. The van der Waals surface area contributed by atoms with Crippen LogP contribution >= 0.6 is 11.6 Å². The van der Waals surface area contributed by atoms with Gasteiger partial charge in [0.05, 0.1) is 0 Å². The Hall–Kier alpha value is -0.760. The zero-order valence-electron chi connectivity index (χ0n) is 7.18. The van der Waals surface area contributed by atoms with E-state index in [1.54, 1.807) is 6.08 Å². The van der Waals surface area contributed by atoms with Gasteiger partial charge >= 0.3 is 5.43 Å². The summed E-state index contributed by atoms with van der Waals surface area (Å²) in [5, 5.41) is 0. The molecule has 0 aromatic heterocycles. The van der Waals surface area contributed by atoms with Crippen molar-refractivity contribution >= 4 is 17.0 Å². The van der Waals surface area contributed by atoms with Crippen LogP contribution in [-0.4, -0.2) is 12.0 Å². The molecule has 0 fully saturated rings. The Morgan fingerprint density at radius 2 is 2.33 bits per heavy atom. The fourth-order valence-corrected chi connectivity index (χ4v) is 0.895. The molecular weight excluding hydrogens is 176 g/mol. The summed E-state index contributed by atoms with van der Waals surface area (Å²) in [7, 11) is 0. The standard InChI is InChI=1S/C9H13ClO2/c1-3-5-8(6-4-2)7-12-9(10)11/h3,5H,1,4,6-7H2,2H3/b8-5+. The molecule has 0 saturated carbocycles. The van der Waals surface area contributed by atoms with Gasteiger partial charge in [0.25, 0.3) is 0 Å².